The highest BCUT2D eigenvalue weighted by Gasteiger charge is 2.24. The molecular weight excluding hydrogens is 303 g/mol. The van der Waals surface area contributed by atoms with Gasteiger partial charge in [-0.3, -0.25) is 0 Å². The fourth-order valence-electron chi connectivity index (χ4n) is 2.41. The summed E-state index contributed by atoms with van der Waals surface area (Å²) in [5.41, 5.74) is 0. The summed E-state index contributed by atoms with van der Waals surface area (Å²) in [6.45, 7) is 2.84. The molecule has 2 fully saturated rings. The maximum absolute atomic E-state index is 6.07. The van der Waals surface area contributed by atoms with Gasteiger partial charge in [-0.1, -0.05) is 35.4 Å². The first kappa shape index (κ1) is 12.1. The number of hydrogen-bond donors (Lipinski definition) is 0. The van der Waals surface area contributed by atoms with E-state index >= 15 is 0 Å². The average Bonchev–Trinajstić information content (AvgIpc) is 2.29. The predicted octanol–water partition coefficient (Wildman–Crippen LogP) is 3.18. The molecule has 1 aliphatic carbocycles. The monoisotopic (exact) mass is 324 g/mol. The van der Waals surface area contributed by atoms with E-state index in [0.29, 0.717) is 6.10 Å². The molecular formula is C12H21IO2. The first-order chi connectivity index (χ1) is 7.36. The van der Waals surface area contributed by atoms with Crippen LogP contribution >= 0.6 is 22.6 Å². The third kappa shape index (κ3) is 3.86. The number of rotatable bonds is 3. The SMILES string of the molecule is IC1CCCCC1OCC1CCOCC1. The van der Waals surface area contributed by atoms with Crippen molar-refractivity contribution in [1.29, 1.82) is 0 Å². The zero-order valence-electron chi connectivity index (χ0n) is 9.29. The van der Waals surface area contributed by atoms with Crippen molar-refractivity contribution >= 4 is 22.6 Å². The molecule has 0 aromatic carbocycles. The Kier molecular flexibility index (Phi) is 5.17. The Morgan fingerprint density at radius 3 is 2.53 bits per heavy atom. The fraction of sp³-hybridized carbons (Fsp3) is 1.00. The summed E-state index contributed by atoms with van der Waals surface area (Å²) in [5, 5.41) is 0. The summed E-state index contributed by atoms with van der Waals surface area (Å²) >= 11 is 2.56. The average molecular weight is 324 g/mol. The molecule has 3 heteroatoms. The largest absolute Gasteiger partial charge is 0.381 e. The molecule has 1 heterocycles. The Morgan fingerprint density at radius 2 is 1.80 bits per heavy atom. The van der Waals surface area contributed by atoms with Crippen molar-refractivity contribution in [2.75, 3.05) is 19.8 Å². The summed E-state index contributed by atoms with van der Waals surface area (Å²) in [5.74, 6) is 0.754. The number of hydrogen-bond acceptors (Lipinski definition) is 2. The van der Waals surface area contributed by atoms with Crippen LogP contribution in [-0.2, 0) is 9.47 Å². The van der Waals surface area contributed by atoms with Crippen molar-refractivity contribution in [3.63, 3.8) is 0 Å². The maximum Gasteiger partial charge on any atom is 0.0692 e. The van der Waals surface area contributed by atoms with E-state index in [1.165, 1.54) is 38.5 Å². The van der Waals surface area contributed by atoms with E-state index in [4.69, 9.17) is 9.47 Å². The van der Waals surface area contributed by atoms with Crippen molar-refractivity contribution in [1.82, 2.24) is 0 Å². The van der Waals surface area contributed by atoms with E-state index in [2.05, 4.69) is 22.6 Å². The molecule has 2 aliphatic rings. The van der Waals surface area contributed by atoms with Gasteiger partial charge >= 0.3 is 0 Å². The van der Waals surface area contributed by atoms with Gasteiger partial charge in [0.1, 0.15) is 0 Å². The van der Waals surface area contributed by atoms with Crippen LogP contribution in [0.25, 0.3) is 0 Å². The molecule has 0 bridgehead atoms. The van der Waals surface area contributed by atoms with Crippen LogP contribution in [0.15, 0.2) is 0 Å². The molecule has 0 amide bonds. The van der Waals surface area contributed by atoms with Crippen molar-refractivity contribution in [3.8, 4) is 0 Å². The van der Waals surface area contributed by atoms with Crippen molar-refractivity contribution in [3.05, 3.63) is 0 Å². The molecule has 88 valence electrons. The highest BCUT2D eigenvalue weighted by molar-refractivity contribution is 14.1. The Balaban J connectivity index is 1.67. The Morgan fingerprint density at radius 1 is 1.07 bits per heavy atom. The lowest BCUT2D eigenvalue weighted by atomic mass is 9.97. The molecule has 0 radical (unpaired) electrons. The van der Waals surface area contributed by atoms with Crippen LogP contribution in [0.3, 0.4) is 0 Å². The predicted molar refractivity (Wildman–Crippen MR) is 69.6 cm³/mol. The third-order valence-corrected chi connectivity index (χ3v) is 4.93. The van der Waals surface area contributed by atoms with Gasteiger partial charge in [-0.05, 0) is 31.6 Å². The second-order valence-corrected chi connectivity index (χ2v) is 6.33. The molecule has 2 rings (SSSR count). The van der Waals surface area contributed by atoms with E-state index in [1.54, 1.807) is 0 Å². The molecule has 0 aromatic rings. The molecule has 1 aliphatic heterocycles. The van der Waals surface area contributed by atoms with Gasteiger partial charge in [-0.2, -0.15) is 0 Å². The third-order valence-electron chi connectivity index (χ3n) is 3.51. The summed E-state index contributed by atoms with van der Waals surface area (Å²) in [4.78, 5) is 0. The summed E-state index contributed by atoms with van der Waals surface area (Å²) in [7, 11) is 0. The van der Waals surface area contributed by atoms with Crippen LogP contribution in [-0.4, -0.2) is 29.8 Å². The standard InChI is InChI=1S/C12H21IO2/c13-11-3-1-2-4-12(11)15-9-10-5-7-14-8-6-10/h10-12H,1-9H2. The van der Waals surface area contributed by atoms with Gasteiger partial charge in [-0.25, -0.2) is 0 Å². The minimum Gasteiger partial charge on any atom is -0.381 e. The van der Waals surface area contributed by atoms with Gasteiger partial charge in [0.2, 0.25) is 0 Å². The van der Waals surface area contributed by atoms with Crippen molar-refractivity contribution < 1.29 is 9.47 Å². The lowest BCUT2D eigenvalue weighted by Gasteiger charge is -2.30. The molecule has 2 unspecified atom stereocenters. The van der Waals surface area contributed by atoms with E-state index in [-0.39, 0.29) is 0 Å². The smallest absolute Gasteiger partial charge is 0.0692 e. The quantitative estimate of drug-likeness (QED) is 0.586. The number of halogens is 1. The number of ether oxygens (including phenoxy) is 2. The Bertz CT molecular complexity index is 180. The van der Waals surface area contributed by atoms with E-state index in [9.17, 15) is 0 Å². The Labute approximate surface area is 106 Å². The van der Waals surface area contributed by atoms with Gasteiger partial charge in [-0.15, -0.1) is 0 Å². The molecule has 0 N–H and O–H groups in total. The highest BCUT2D eigenvalue weighted by Crippen LogP contribution is 2.28. The summed E-state index contributed by atoms with van der Waals surface area (Å²) in [6.07, 6.45) is 8.29. The number of alkyl halides is 1. The molecule has 2 nitrogen and oxygen atoms in total. The lowest BCUT2D eigenvalue weighted by Crippen LogP contribution is -2.31. The molecule has 0 spiro atoms. The molecule has 0 aromatic heterocycles. The molecule has 1 saturated carbocycles. The maximum atomic E-state index is 6.07. The second kappa shape index (κ2) is 6.40. The van der Waals surface area contributed by atoms with Crippen LogP contribution < -0.4 is 0 Å². The first-order valence-corrected chi connectivity index (χ1v) is 7.44. The van der Waals surface area contributed by atoms with Crippen LogP contribution in [0.1, 0.15) is 38.5 Å². The fourth-order valence-corrected chi connectivity index (χ4v) is 3.42. The molecule has 1 saturated heterocycles. The highest BCUT2D eigenvalue weighted by atomic mass is 127. The van der Waals surface area contributed by atoms with Crippen molar-refractivity contribution in [2.45, 2.75) is 48.6 Å². The lowest BCUT2D eigenvalue weighted by molar-refractivity contribution is -0.0184. The van der Waals surface area contributed by atoms with E-state index in [1.807, 2.05) is 0 Å². The second-order valence-electron chi connectivity index (χ2n) is 4.73. The molecule has 2 atom stereocenters. The van der Waals surface area contributed by atoms with Gasteiger partial charge in [0.05, 0.1) is 6.10 Å². The van der Waals surface area contributed by atoms with Crippen LogP contribution in [0, 0.1) is 5.92 Å². The van der Waals surface area contributed by atoms with E-state index in [0.717, 1.165) is 29.7 Å². The zero-order valence-corrected chi connectivity index (χ0v) is 11.4. The van der Waals surface area contributed by atoms with E-state index < -0.39 is 0 Å². The first-order valence-electron chi connectivity index (χ1n) is 6.19. The van der Waals surface area contributed by atoms with Gasteiger partial charge < -0.3 is 9.47 Å². The zero-order chi connectivity index (χ0) is 10.5. The van der Waals surface area contributed by atoms with Crippen molar-refractivity contribution in [2.24, 2.45) is 5.92 Å². The van der Waals surface area contributed by atoms with Gasteiger partial charge in [0, 0.05) is 23.7 Å². The van der Waals surface area contributed by atoms with Gasteiger partial charge in [0.15, 0.2) is 0 Å². The van der Waals surface area contributed by atoms with Crippen LogP contribution in [0.4, 0.5) is 0 Å². The normalized spacial score (nSPS) is 34.2. The topological polar surface area (TPSA) is 18.5 Å². The van der Waals surface area contributed by atoms with Gasteiger partial charge in [0.25, 0.3) is 0 Å². The minimum atomic E-state index is 0.530. The molecule has 15 heavy (non-hydrogen) atoms. The summed E-state index contributed by atoms with van der Waals surface area (Å²) < 4.78 is 12.2. The van der Waals surface area contributed by atoms with Crippen LogP contribution in [0.2, 0.25) is 0 Å². The summed E-state index contributed by atoms with van der Waals surface area (Å²) in [6, 6.07) is 0. The minimum absolute atomic E-state index is 0.530. The Hall–Kier alpha value is 0.650. The van der Waals surface area contributed by atoms with Crippen LogP contribution in [0.5, 0.6) is 0 Å².